The fourth-order valence-electron chi connectivity index (χ4n) is 3.19. The molecule has 2 aromatic carbocycles. The smallest absolute Gasteiger partial charge is 0.355 e. The average Bonchev–Trinajstić information content (AvgIpc) is 3.04. The van der Waals surface area contributed by atoms with Crippen LogP contribution in [0.1, 0.15) is 17.5 Å². The molecule has 0 spiro atoms. The average molecular weight is 394 g/mol. The van der Waals surface area contributed by atoms with Gasteiger partial charge < -0.3 is 10.2 Å². The van der Waals surface area contributed by atoms with Gasteiger partial charge in [-0.05, 0) is 36.2 Å². The molecule has 1 atom stereocenters. The van der Waals surface area contributed by atoms with Crippen LogP contribution in [0.4, 0.5) is 23.2 Å². The fourth-order valence-corrected chi connectivity index (χ4v) is 3.19. The third-order valence-corrected chi connectivity index (χ3v) is 4.62. The number of benzene rings is 2. The van der Waals surface area contributed by atoms with Crippen molar-refractivity contribution in [1.29, 1.82) is 0 Å². The van der Waals surface area contributed by atoms with Crippen LogP contribution in [-0.2, 0) is 22.2 Å². The van der Waals surface area contributed by atoms with E-state index in [0.717, 1.165) is 16.5 Å². The molecule has 0 aliphatic carbocycles. The first-order valence-corrected chi connectivity index (χ1v) is 8.74. The van der Waals surface area contributed by atoms with Gasteiger partial charge in [-0.3, -0.25) is 9.59 Å². The van der Waals surface area contributed by atoms with Crippen molar-refractivity contribution in [2.24, 2.45) is 5.92 Å². The number of nitrogens with one attached hydrogen (secondary N) is 1. The molecule has 1 fully saturated rings. The standard InChI is InChI=1S/C20H18F4N2O2/c21-15-7-5-13(6-8-15)9-10-25-19(28)14-11-18(27)26(12-14)17-4-2-1-3-16(17)20(22,23)24/h1-8,14H,9-12H2,(H,25,28). The summed E-state index contributed by atoms with van der Waals surface area (Å²) in [6.45, 7) is 0.183. The van der Waals surface area contributed by atoms with Crippen LogP contribution in [0.2, 0.25) is 0 Å². The summed E-state index contributed by atoms with van der Waals surface area (Å²) < 4.78 is 52.5. The van der Waals surface area contributed by atoms with Crippen LogP contribution in [-0.4, -0.2) is 24.9 Å². The van der Waals surface area contributed by atoms with E-state index in [2.05, 4.69) is 5.32 Å². The van der Waals surface area contributed by atoms with Crippen LogP contribution in [0, 0.1) is 11.7 Å². The van der Waals surface area contributed by atoms with Crippen LogP contribution >= 0.6 is 0 Å². The molecule has 28 heavy (non-hydrogen) atoms. The quantitative estimate of drug-likeness (QED) is 0.789. The number of rotatable bonds is 5. The Bertz CT molecular complexity index is 865. The number of halogens is 4. The number of nitrogens with zero attached hydrogens (tertiary/aromatic N) is 1. The molecule has 148 valence electrons. The lowest BCUT2D eigenvalue weighted by Crippen LogP contribution is -2.34. The highest BCUT2D eigenvalue weighted by Gasteiger charge is 2.40. The Morgan fingerprint density at radius 2 is 1.79 bits per heavy atom. The predicted molar refractivity (Wildman–Crippen MR) is 95.0 cm³/mol. The number of alkyl halides is 3. The lowest BCUT2D eigenvalue weighted by atomic mass is 10.1. The van der Waals surface area contributed by atoms with Crippen molar-refractivity contribution in [3.63, 3.8) is 0 Å². The zero-order chi connectivity index (χ0) is 20.3. The Balaban J connectivity index is 1.61. The Morgan fingerprint density at radius 3 is 2.46 bits per heavy atom. The highest BCUT2D eigenvalue weighted by Crippen LogP contribution is 2.38. The summed E-state index contributed by atoms with van der Waals surface area (Å²) >= 11 is 0. The first-order valence-electron chi connectivity index (χ1n) is 8.74. The van der Waals surface area contributed by atoms with Crippen molar-refractivity contribution < 1.29 is 27.2 Å². The van der Waals surface area contributed by atoms with E-state index in [1.165, 1.54) is 30.3 Å². The third-order valence-electron chi connectivity index (χ3n) is 4.62. The molecule has 1 aliphatic heterocycles. The molecular weight excluding hydrogens is 376 g/mol. The van der Waals surface area contributed by atoms with Crippen molar-refractivity contribution in [3.8, 4) is 0 Å². The van der Waals surface area contributed by atoms with Crippen molar-refractivity contribution in [2.45, 2.75) is 19.0 Å². The lowest BCUT2D eigenvalue weighted by Gasteiger charge is -2.21. The molecule has 0 saturated carbocycles. The number of carbonyl (C=O) groups excluding carboxylic acids is 2. The van der Waals surface area contributed by atoms with Gasteiger partial charge in [-0.15, -0.1) is 0 Å². The van der Waals surface area contributed by atoms with Crippen LogP contribution in [0.15, 0.2) is 48.5 Å². The predicted octanol–water partition coefficient (Wildman–Crippen LogP) is 3.56. The summed E-state index contributed by atoms with van der Waals surface area (Å²) in [7, 11) is 0. The summed E-state index contributed by atoms with van der Waals surface area (Å²) in [6, 6.07) is 10.7. The first-order chi connectivity index (χ1) is 13.3. The van der Waals surface area contributed by atoms with E-state index in [4.69, 9.17) is 0 Å². The van der Waals surface area contributed by atoms with Crippen molar-refractivity contribution in [2.75, 3.05) is 18.0 Å². The first kappa shape index (κ1) is 19.9. The van der Waals surface area contributed by atoms with Crippen molar-refractivity contribution >= 4 is 17.5 Å². The van der Waals surface area contributed by atoms with Crippen LogP contribution in [0.3, 0.4) is 0 Å². The lowest BCUT2D eigenvalue weighted by molar-refractivity contribution is -0.137. The maximum Gasteiger partial charge on any atom is 0.418 e. The van der Waals surface area contributed by atoms with Crippen LogP contribution in [0.5, 0.6) is 0 Å². The van der Waals surface area contributed by atoms with Crippen molar-refractivity contribution in [1.82, 2.24) is 5.32 Å². The Labute approximate surface area is 159 Å². The zero-order valence-electron chi connectivity index (χ0n) is 14.8. The second-order valence-corrected chi connectivity index (χ2v) is 6.59. The van der Waals surface area contributed by atoms with E-state index < -0.39 is 23.6 Å². The topological polar surface area (TPSA) is 49.4 Å². The van der Waals surface area contributed by atoms with Gasteiger partial charge >= 0.3 is 6.18 Å². The van der Waals surface area contributed by atoms with Crippen LogP contribution in [0.25, 0.3) is 0 Å². The maximum atomic E-state index is 13.2. The number of para-hydroxylation sites is 1. The molecule has 0 radical (unpaired) electrons. The fraction of sp³-hybridized carbons (Fsp3) is 0.300. The Morgan fingerprint density at radius 1 is 1.11 bits per heavy atom. The summed E-state index contributed by atoms with van der Waals surface area (Å²) in [5.41, 5.74) is -0.299. The van der Waals surface area contributed by atoms with E-state index in [0.29, 0.717) is 6.42 Å². The largest absolute Gasteiger partial charge is 0.418 e. The van der Waals surface area contributed by atoms with Gasteiger partial charge in [0.15, 0.2) is 0 Å². The molecule has 1 aliphatic rings. The molecule has 3 rings (SSSR count). The normalized spacial score (nSPS) is 17.1. The van der Waals surface area contributed by atoms with Crippen molar-refractivity contribution in [3.05, 3.63) is 65.5 Å². The number of hydrogen-bond donors (Lipinski definition) is 1. The van der Waals surface area contributed by atoms with Gasteiger partial charge in [0, 0.05) is 19.5 Å². The van der Waals surface area contributed by atoms with Gasteiger partial charge in [-0.1, -0.05) is 24.3 Å². The van der Waals surface area contributed by atoms with Gasteiger partial charge in [0.1, 0.15) is 5.82 Å². The van der Waals surface area contributed by atoms with E-state index >= 15 is 0 Å². The number of hydrogen-bond acceptors (Lipinski definition) is 2. The summed E-state index contributed by atoms with van der Waals surface area (Å²) in [4.78, 5) is 25.6. The zero-order valence-corrected chi connectivity index (χ0v) is 14.8. The van der Waals surface area contributed by atoms with E-state index in [1.54, 1.807) is 12.1 Å². The van der Waals surface area contributed by atoms with Gasteiger partial charge in [0.25, 0.3) is 0 Å². The van der Waals surface area contributed by atoms with E-state index in [9.17, 15) is 27.2 Å². The summed E-state index contributed by atoms with van der Waals surface area (Å²) in [5.74, 6) is -1.98. The molecular formula is C20H18F4N2O2. The highest BCUT2D eigenvalue weighted by atomic mass is 19.4. The minimum absolute atomic E-state index is 0.103. The Hall–Kier alpha value is -2.90. The molecule has 4 nitrogen and oxygen atoms in total. The summed E-state index contributed by atoms with van der Waals surface area (Å²) in [6.07, 6.45) is -4.26. The second-order valence-electron chi connectivity index (χ2n) is 6.59. The molecule has 0 bridgehead atoms. The van der Waals surface area contributed by atoms with E-state index in [1.807, 2.05) is 0 Å². The highest BCUT2D eigenvalue weighted by molar-refractivity contribution is 6.00. The monoisotopic (exact) mass is 394 g/mol. The molecule has 2 aromatic rings. The number of anilines is 1. The summed E-state index contributed by atoms with van der Waals surface area (Å²) in [5, 5.41) is 2.69. The number of amides is 2. The number of carbonyl (C=O) groups is 2. The molecule has 8 heteroatoms. The van der Waals surface area contributed by atoms with Crippen LogP contribution < -0.4 is 10.2 Å². The van der Waals surface area contributed by atoms with Gasteiger partial charge in [-0.2, -0.15) is 13.2 Å². The minimum Gasteiger partial charge on any atom is -0.355 e. The van der Waals surface area contributed by atoms with Gasteiger partial charge in [-0.25, -0.2) is 4.39 Å². The molecule has 2 amide bonds. The van der Waals surface area contributed by atoms with Gasteiger partial charge in [0.2, 0.25) is 11.8 Å². The van der Waals surface area contributed by atoms with E-state index in [-0.39, 0.29) is 36.9 Å². The SMILES string of the molecule is O=C(NCCc1ccc(F)cc1)C1CC(=O)N(c2ccccc2C(F)(F)F)C1. The molecule has 1 N–H and O–H groups in total. The Kier molecular flexibility index (Phi) is 5.67. The third kappa shape index (κ3) is 4.49. The molecule has 1 heterocycles. The second kappa shape index (κ2) is 8.00. The molecule has 1 saturated heterocycles. The maximum absolute atomic E-state index is 13.2. The van der Waals surface area contributed by atoms with Gasteiger partial charge in [0.05, 0.1) is 17.2 Å². The molecule has 1 unspecified atom stereocenters. The minimum atomic E-state index is -4.59. The molecule has 0 aromatic heterocycles.